The molecule has 1 rings (SSSR count). The van der Waals surface area contributed by atoms with Gasteiger partial charge in [-0.25, -0.2) is 0 Å². The Morgan fingerprint density at radius 2 is 1.93 bits per heavy atom. The minimum absolute atomic E-state index is 0.288. The normalized spacial score (nSPS) is 25.2. The van der Waals surface area contributed by atoms with Gasteiger partial charge in [-0.15, -0.1) is 0 Å². The summed E-state index contributed by atoms with van der Waals surface area (Å²) in [5.41, 5.74) is 0.713. The molecule has 1 N–H and O–H groups in total. The monoisotopic (exact) mass is 212 g/mol. The van der Waals surface area contributed by atoms with Gasteiger partial charge in [0, 0.05) is 31.7 Å². The van der Waals surface area contributed by atoms with Crippen LogP contribution in [0.2, 0.25) is 0 Å². The smallest absolute Gasteiger partial charge is 0.0252 e. The predicted molar refractivity (Wildman–Crippen MR) is 67.1 cm³/mol. The minimum Gasteiger partial charge on any atom is -0.309 e. The molecule has 0 aromatic heterocycles. The van der Waals surface area contributed by atoms with Gasteiger partial charge in [0.15, 0.2) is 0 Å². The zero-order valence-electron chi connectivity index (χ0n) is 11.4. The van der Waals surface area contributed by atoms with Gasteiger partial charge in [-0.05, 0) is 25.2 Å². The van der Waals surface area contributed by atoms with E-state index in [-0.39, 0.29) is 5.54 Å². The second-order valence-electron chi connectivity index (χ2n) is 6.81. The number of nitrogens with one attached hydrogen (secondary N) is 1. The van der Waals surface area contributed by atoms with E-state index in [1.165, 1.54) is 19.6 Å². The fraction of sp³-hybridized carbons (Fsp3) is 1.00. The highest BCUT2D eigenvalue weighted by atomic mass is 15.2. The molecule has 1 aliphatic heterocycles. The van der Waals surface area contributed by atoms with E-state index in [9.17, 15) is 0 Å². The van der Waals surface area contributed by atoms with E-state index in [0.29, 0.717) is 5.41 Å². The van der Waals surface area contributed by atoms with Crippen LogP contribution in [0.5, 0.6) is 0 Å². The molecule has 1 fully saturated rings. The summed E-state index contributed by atoms with van der Waals surface area (Å²) in [5, 5.41) is 3.56. The van der Waals surface area contributed by atoms with Crippen LogP contribution in [0.4, 0.5) is 0 Å². The molecule has 0 bridgehead atoms. The Morgan fingerprint density at radius 3 is 2.40 bits per heavy atom. The fourth-order valence-electron chi connectivity index (χ4n) is 2.06. The van der Waals surface area contributed by atoms with Gasteiger partial charge in [-0.3, -0.25) is 4.90 Å². The highest BCUT2D eigenvalue weighted by Crippen LogP contribution is 2.26. The largest absolute Gasteiger partial charge is 0.309 e. The van der Waals surface area contributed by atoms with Crippen LogP contribution in [0.1, 0.15) is 41.5 Å². The van der Waals surface area contributed by atoms with Gasteiger partial charge in [0.2, 0.25) is 0 Å². The SMILES string of the molecule is CC(CN1CCNC(C)(C)C1)C(C)(C)C. The molecule has 1 atom stereocenters. The first-order valence-electron chi connectivity index (χ1n) is 6.18. The molecule has 1 heterocycles. The number of rotatable bonds is 2. The molecule has 0 aliphatic carbocycles. The van der Waals surface area contributed by atoms with Crippen LogP contribution >= 0.6 is 0 Å². The Labute approximate surface area is 95.4 Å². The van der Waals surface area contributed by atoms with Crippen molar-refractivity contribution in [3.63, 3.8) is 0 Å². The number of piperazine rings is 1. The average molecular weight is 212 g/mol. The van der Waals surface area contributed by atoms with Gasteiger partial charge in [0.1, 0.15) is 0 Å². The van der Waals surface area contributed by atoms with E-state index in [4.69, 9.17) is 0 Å². The lowest BCUT2D eigenvalue weighted by molar-refractivity contribution is 0.106. The Balaban J connectivity index is 2.45. The van der Waals surface area contributed by atoms with Crippen molar-refractivity contribution < 1.29 is 0 Å². The van der Waals surface area contributed by atoms with E-state index in [1.54, 1.807) is 0 Å². The Morgan fingerprint density at radius 1 is 1.33 bits per heavy atom. The van der Waals surface area contributed by atoms with E-state index < -0.39 is 0 Å². The summed E-state index contributed by atoms with van der Waals surface area (Å²) in [6.07, 6.45) is 0. The summed E-state index contributed by atoms with van der Waals surface area (Å²) in [6.45, 7) is 18.7. The lowest BCUT2D eigenvalue weighted by atomic mass is 9.81. The first-order valence-corrected chi connectivity index (χ1v) is 6.18. The summed E-state index contributed by atoms with van der Waals surface area (Å²) >= 11 is 0. The van der Waals surface area contributed by atoms with Crippen molar-refractivity contribution in [1.82, 2.24) is 10.2 Å². The van der Waals surface area contributed by atoms with Crippen LogP contribution in [-0.4, -0.2) is 36.6 Å². The first-order chi connectivity index (χ1) is 6.71. The van der Waals surface area contributed by atoms with Crippen molar-refractivity contribution in [3.05, 3.63) is 0 Å². The van der Waals surface area contributed by atoms with E-state index in [2.05, 4.69) is 51.8 Å². The van der Waals surface area contributed by atoms with Crippen molar-refractivity contribution in [2.24, 2.45) is 11.3 Å². The third kappa shape index (κ3) is 4.12. The van der Waals surface area contributed by atoms with Crippen LogP contribution in [0.3, 0.4) is 0 Å². The highest BCUT2D eigenvalue weighted by Gasteiger charge is 2.29. The van der Waals surface area contributed by atoms with Crippen molar-refractivity contribution in [1.29, 1.82) is 0 Å². The van der Waals surface area contributed by atoms with Crippen LogP contribution in [-0.2, 0) is 0 Å². The Bertz CT molecular complexity index is 203. The molecule has 0 saturated carbocycles. The molecule has 1 unspecified atom stereocenters. The van der Waals surface area contributed by atoms with Gasteiger partial charge in [0.05, 0.1) is 0 Å². The molecule has 0 amide bonds. The van der Waals surface area contributed by atoms with Crippen LogP contribution in [0.15, 0.2) is 0 Å². The maximum absolute atomic E-state index is 3.56. The van der Waals surface area contributed by atoms with E-state index in [0.717, 1.165) is 12.5 Å². The van der Waals surface area contributed by atoms with Gasteiger partial charge >= 0.3 is 0 Å². The van der Waals surface area contributed by atoms with E-state index >= 15 is 0 Å². The average Bonchev–Trinajstić information content (AvgIpc) is 2.00. The molecule has 0 aromatic rings. The van der Waals surface area contributed by atoms with Crippen molar-refractivity contribution in [3.8, 4) is 0 Å². The standard InChI is InChI=1S/C13H28N2/c1-11(12(2,3)4)9-15-8-7-14-13(5,6)10-15/h11,14H,7-10H2,1-6H3. The second-order valence-corrected chi connectivity index (χ2v) is 6.81. The molecular weight excluding hydrogens is 184 g/mol. The molecule has 2 heteroatoms. The first kappa shape index (κ1) is 13.0. The summed E-state index contributed by atoms with van der Waals surface area (Å²) in [5.74, 6) is 0.756. The maximum Gasteiger partial charge on any atom is 0.0252 e. The third-order valence-electron chi connectivity index (χ3n) is 3.66. The maximum atomic E-state index is 3.56. The van der Waals surface area contributed by atoms with Crippen molar-refractivity contribution >= 4 is 0 Å². The number of hydrogen-bond donors (Lipinski definition) is 1. The molecule has 90 valence electrons. The van der Waals surface area contributed by atoms with Gasteiger partial charge in [0.25, 0.3) is 0 Å². The summed E-state index contributed by atoms with van der Waals surface area (Å²) in [7, 11) is 0. The predicted octanol–water partition coefficient (Wildman–Crippen LogP) is 2.35. The van der Waals surface area contributed by atoms with Gasteiger partial charge < -0.3 is 5.32 Å². The second kappa shape index (κ2) is 4.42. The number of nitrogens with zero attached hydrogens (tertiary/aromatic N) is 1. The lowest BCUT2D eigenvalue weighted by Gasteiger charge is -2.42. The lowest BCUT2D eigenvalue weighted by Crippen LogP contribution is -2.58. The quantitative estimate of drug-likeness (QED) is 0.756. The zero-order valence-corrected chi connectivity index (χ0v) is 11.4. The summed E-state index contributed by atoms with van der Waals surface area (Å²) in [4.78, 5) is 2.60. The topological polar surface area (TPSA) is 15.3 Å². The third-order valence-corrected chi connectivity index (χ3v) is 3.66. The van der Waals surface area contributed by atoms with Gasteiger partial charge in [-0.1, -0.05) is 27.7 Å². The molecular formula is C13H28N2. The van der Waals surface area contributed by atoms with E-state index in [1.807, 2.05) is 0 Å². The molecule has 0 spiro atoms. The van der Waals surface area contributed by atoms with Crippen LogP contribution in [0, 0.1) is 11.3 Å². The minimum atomic E-state index is 0.288. The van der Waals surface area contributed by atoms with Crippen LogP contribution in [0.25, 0.3) is 0 Å². The summed E-state index contributed by atoms with van der Waals surface area (Å²) in [6, 6.07) is 0. The Kier molecular flexibility index (Phi) is 3.83. The zero-order chi connectivity index (χ0) is 11.7. The van der Waals surface area contributed by atoms with Crippen molar-refractivity contribution in [2.45, 2.75) is 47.1 Å². The Hall–Kier alpha value is -0.0800. The molecule has 1 saturated heterocycles. The molecule has 0 radical (unpaired) electrons. The molecule has 2 nitrogen and oxygen atoms in total. The fourth-order valence-corrected chi connectivity index (χ4v) is 2.06. The van der Waals surface area contributed by atoms with Crippen LogP contribution < -0.4 is 5.32 Å². The molecule has 1 aliphatic rings. The molecule has 15 heavy (non-hydrogen) atoms. The summed E-state index contributed by atoms with van der Waals surface area (Å²) < 4.78 is 0. The highest BCUT2D eigenvalue weighted by molar-refractivity contribution is 4.88. The van der Waals surface area contributed by atoms with Crippen molar-refractivity contribution in [2.75, 3.05) is 26.2 Å². The molecule has 0 aromatic carbocycles. The number of hydrogen-bond acceptors (Lipinski definition) is 2. The van der Waals surface area contributed by atoms with Gasteiger partial charge in [-0.2, -0.15) is 0 Å².